The van der Waals surface area contributed by atoms with Gasteiger partial charge in [-0.05, 0) is 12.8 Å². The second kappa shape index (κ2) is 9.95. The highest BCUT2D eigenvalue weighted by Crippen LogP contribution is 2.39. The van der Waals surface area contributed by atoms with Crippen molar-refractivity contribution in [3.8, 4) is 10.6 Å². The smallest absolute Gasteiger partial charge is 0.380 e. The van der Waals surface area contributed by atoms with Gasteiger partial charge in [0, 0.05) is 44.8 Å². The van der Waals surface area contributed by atoms with E-state index in [0.29, 0.717) is 30.4 Å². The fourth-order valence-electron chi connectivity index (χ4n) is 3.59. The molecule has 0 saturated carbocycles. The molecule has 1 unspecified atom stereocenters. The number of hydrogen-bond acceptors (Lipinski definition) is 9. The lowest BCUT2D eigenvalue weighted by molar-refractivity contribution is -0.137. The van der Waals surface area contributed by atoms with Crippen LogP contribution in [0.2, 0.25) is 0 Å². The highest BCUT2D eigenvalue weighted by Gasteiger charge is 2.37. The van der Waals surface area contributed by atoms with Crippen LogP contribution in [-0.2, 0) is 23.2 Å². The van der Waals surface area contributed by atoms with E-state index in [1.54, 1.807) is 7.05 Å². The van der Waals surface area contributed by atoms with Crippen LogP contribution < -0.4 is 5.32 Å². The minimum absolute atomic E-state index is 0.0630. The van der Waals surface area contributed by atoms with E-state index in [0.717, 1.165) is 6.20 Å². The first kappa shape index (κ1) is 26.3. The van der Waals surface area contributed by atoms with Gasteiger partial charge in [0.25, 0.3) is 6.43 Å². The number of hydrogen-bond donors (Lipinski definition) is 2. The molecule has 0 spiro atoms. The average molecular weight is 554 g/mol. The third-order valence-corrected chi connectivity index (χ3v) is 8.38. The summed E-state index contributed by atoms with van der Waals surface area (Å²) in [7, 11) is -2.13. The second-order valence-electron chi connectivity index (χ2n) is 7.97. The molecule has 3 aromatic rings. The molecule has 1 atom stereocenters. The zero-order chi connectivity index (χ0) is 26.3. The number of nitrogens with one attached hydrogen (secondary N) is 1. The predicted octanol–water partition coefficient (Wildman–Crippen LogP) is 2.92. The number of anilines is 1. The quantitative estimate of drug-likeness (QED) is 0.428. The summed E-state index contributed by atoms with van der Waals surface area (Å²) in [6, 6.07) is -0.326. The number of piperidine rings is 1. The highest BCUT2D eigenvalue weighted by molar-refractivity contribution is 7.89. The molecule has 1 aliphatic heterocycles. The first-order chi connectivity index (χ1) is 16.9. The van der Waals surface area contributed by atoms with Crippen molar-refractivity contribution >= 4 is 27.3 Å². The molecule has 1 aliphatic rings. The molecule has 0 amide bonds. The Morgan fingerprint density at radius 3 is 2.44 bits per heavy atom. The molecular weight excluding hydrogens is 533 g/mol. The topological polar surface area (TPSA) is 126 Å². The van der Waals surface area contributed by atoms with Gasteiger partial charge in [-0.15, -0.1) is 11.3 Å². The summed E-state index contributed by atoms with van der Waals surface area (Å²) < 4.78 is 94.4. The Labute approximate surface area is 205 Å². The van der Waals surface area contributed by atoms with Gasteiger partial charge in [-0.25, -0.2) is 32.2 Å². The van der Waals surface area contributed by atoms with Gasteiger partial charge in [-0.3, -0.25) is 4.68 Å². The summed E-state index contributed by atoms with van der Waals surface area (Å²) in [5, 5.41) is 15.8. The number of aliphatic hydroxyl groups excluding tert-OH is 1. The van der Waals surface area contributed by atoms with Crippen LogP contribution >= 0.6 is 11.3 Å². The monoisotopic (exact) mass is 553 g/mol. The molecule has 1 saturated heterocycles. The van der Waals surface area contributed by atoms with E-state index in [1.807, 2.05) is 0 Å². The molecule has 2 N–H and O–H groups in total. The van der Waals surface area contributed by atoms with Gasteiger partial charge >= 0.3 is 6.18 Å². The van der Waals surface area contributed by atoms with E-state index in [-0.39, 0.29) is 34.9 Å². The summed E-state index contributed by atoms with van der Waals surface area (Å²) in [4.78, 5) is 11.2. The lowest BCUT2D eigenvalue weighted by atomic mass is 10.1. The molecular formula is C19H20F5N7O3S2. The SMILES string of the molecule is Cn1cc(S(=O)(=O)N2CCC(Nc3ncc(C(F)(F)F)c(-c4cnc(C(O)C(F)F)s4)n3)CC2)cn1. The summed E-state index contributed by atoms with van der Waals surface area (Å²) in [5.74, 6) is -0.143. The van der Waals surface area contributed by atoms with Crippen LogP contribution in [0.25, 0.3) is 10.6 Å². The van der Waals surface area contributed by atoms with Crippen LogP contribution in [0.15, 0.2) is 29.7 Å². The summed E-state index contributed by atoms with van der Waals surface area (Å²) in [5.41, 5.74) is -1.76. The van der Waals surface area contributed by atoms with Gasteiger partial charge in [-0.2, -0.15) is 22.6 Å². The van der Waals surface area contributed by atoms with Crippen LogP contribution in [0.4, 0.5) is 27.9 Å². The maximum Gasteiger partial charge on any atom is 0.420 e. The second-order valence-corrected chi connectivity index (χ2v) is 11.0. The number of alkyl halides is 5. The van der Waals surface area contributed by atoms with Crippen molar-refractivity contribution in [2.24, 2.45) is 7.05 Å². The molecule has 4 rings (SSSR count). The third kappa shape index (κ3) is 5.47. The van der Waals surface area contributed by atoms with Gasteiger partial charge in [0.15, 0.2) is 6.10 Å². The summed E-state index contributed by atoms with van der Waals surface area (Å²) in [6.45, 7) is 0.318. The molecule has 0 bridgehead atoms. The number of aliphatic hydroxyl groups is 1. The number of sulfonamides is 1. The van der Waals surface area contributed by atoms with Gasteiger partial charge < -0.3 is 10.4 Å². The fraction of sp³-hybridized carbons (Fsp3) is 0.474. The number of halogens is 5. The van der Waals surface area contributed by atoms with Gasteiger partial charge in [0.1, 0.15) is 15.5 Å². The molecule has 196 valence electrons. The number of aromatic nitrogens is 5. The van der Waals surface area contributed by atoms with Crippen molar-refractivity contribution in [1.29, 1.82) is 0 Å². The minimum Gasteiger partial charge on any atom is -0.380 e. The Morgan fingerprint density at radius 2 is 1.86 bits per heavy atom. The highest BCUT2D eigenvalue weighted by atomic mass is 32.2. The maximum absolute atomic E-state index is 13.6. The number of thiazole rings is 1. The van der Waals surface area contributed by atoms with Crippen molar-refractivity contribution in [2.45, 2.75) is 42.5 Å². The van der Waals surface area contributed by atoms with Crippen molar-refractivity contribution in [2.75, 3.05) is 18.4 Å². The molecule has 3 aromatic heterocycles. The third-order valence-electron chi connectivity index (χ3n) is 5.45. The summed E-state index contributed by atoms with van der Waals surface area (Å²) in [6.07, 6.45) is -5.37. The summed E-state index contributed by atoms with van der Waals surface area (Å²) >= 11 is 0.471. The minimum atomic E-state index is -4.83. The van der Waals surface area contributed by atoms with Crippen LogP contribution in [0, 0.1) is 0 Å². The first-order valence-corrected chi connectivity index (χ1v) is 12.7. The lowest BCUT2D eigenvalue weighted by Gasteiger charge is -2.31. The van der Waals surface area contributed by atoms with E-state index in [1.165, 1.54) is 21.4 Å². The van der Waals surface area contributed by atoms with E-state index < -0.39 is 45.0 Å². The Morgan fingerprint density at radius 1 is 1.17 bits per heavy atom. The zero-order valence-corrected chi connectivity index (χ0v) is 20.2. The first-order valence-electron chi connectivity index (χ1n) is 10.5. The molecule has 0 aliphatic carbocycles. The predicted molar refractivity (Wildman–Crippen MR) is 118 cm³/mol. The van der Waals surface area contributed by atoms with Crippen molar-refractivity contribution < 1.29 is 35.5 Å². The number of rotatable bonds is 7. The van der Waals surface area contributed by atoms with Gasteiger partial charge in [0.05, 0.1) is 16.8 Å². The van der Waals surface area contributed by atoms with Crippen molar-refractivity contribution in [1.82, 2.24) is 29.0 Å². The molecule has 4 heterocycles. The van der Waals surface area contributed by atoms with Crippen LogP contribution in [0.1, 0.15) is 29.5 Å². The van der Waals surface area contributed by atoms with Gasteiger partial charge in [0.2, 0.25) is 16.0 Å². The van der Waals surface area contributed by atoms with Crippen LogP contribution in [-0.4, -0.2) is 68.1 Å². The van der Waals surface area contributed by atoms with Gasteiger partial charge in [-0.1, -0.05) is 0 Å². The zero-order valence-electron chi connectivity index (χ0n) is 18.5. The molecule has 17 heteroatoms. The van der Waals surface area contributed by atoms with E-state index in [4.69, 9.17) is 0 Å². The van der Waals surface area contributed by atoms with Crippen LogP contribution in [0.3, 0.4) is 0 Å². The molecule has 0 aromatic carbocycles. The fourth-order valence-corrected chi connectivity index (χ4v) is 5.96. The van der Waals surface area contributed by atoms with E-state index >= 15 is 0 Å². The van der Waals surface area contributed by atoms with E-state index in [9.17, 15) is 35.5 Å². The Balaban J connectivity index is 1.51. The number of nitrogens with zero attached hydrogens (tertiary/aromatic N) is 6. The average Bonchev–Trinajstić information content (AvgIpc) is 3.48. The normalized spacial score (nSPS) is 17.0. The van der Waals surface area contributed by atoms with Crippen molar-refractivity contribution in [3.63, 3.8) is 0 Å². The largest absolute Gasteiger partial charge is 0.420 e. The van der Waals surface area contributed by atoms with Crippen LogP contribution in [0.5, 0.6) is 0 Å². The molecule has 36 heavy (non-hydrogen) atoms. The molecule has 0 radical (unpaired) electrons. The Bertz CT molecular complexity index is 1320. The maximum atomic E-state index is 13.6. The Hall–Kier alpha value is -2.76. The Kier molecular flexibility index (Phi) is 7.27. The molecule has 10 nitrogen and oxygen atoms in total. The standard InChI is InChI=1S/C19H20F5N7O3S2/c1-30-9-11(6-27-30)36(33,34)31-4-2-10(3-5-31)28-18-26-7-12(19(22,23)24)14(29-18)13-8-25-17(35-13)15(32)16(20)21/h6-10,15-16,32H,2-5H2,1H3,(H,26,28,29). The lowest BCUT2D eigenvalue weighted by Crippen LogP contribution is -2.42. The van der Waals surface area contributed by atoms with Crippen molar-refractivity contribution in [3.05, 3.63) is 35.4 Å². The number of aryl methyl sites for hydroxylation is 1. The molecule has 1 fully saturated rings. The van der Waals surface area contributed by atoms with E-state index in [2.05, 4.69) is 25.4 Å².